The number of urea groups is 1. The SMILES string of the molecule is COc1cnccc1-c1cccc(Cl)c1C1CCC2NC(=O)NC2C1. The van der Waals surface area contributed by atoms with Crippen LogP contribution in [0.2, 0.25) is 5.02 Å². The van der Waals surface area contributed by atoms with Crippen LogP contribution in [0.1, 0.15) is 30.7 Å². The van der Waals surface area contributed by atoms with Crippen molar-refractivity contribution in [1.29, 1.82) is 0 Å². The highest BCUT2D eigenvalue weighted by molar-refractivity contribution is 6.31. The van der Waals surface area contributed by atoms with Crippen molar-refractivity contribution in [3.8, 4) is 16.9 Å². The Bertz CT molecular complexity index is 811. The van der Waals surface area contributed by atoms with Crippen LogP contribution in [0.15, 0.2) is 36.7 Å². The molecule has 3 unspecified atom stereocenters. The highest BCUT2D eigenvalue weighted by atomic mass is 35.5. The van der Waals surface area contributed by atoms with Gasteiger partial charge >= 0.3 is 6.03 Å². The van der Waals surface area contributed by atoms with Crippen LogP contribution in [-0.2, 0) is 0 Å². The maximum atomic E-state index is 11.6. The molecule has 0 bridgehead atoms. The van der Waals surface area contributed by atoms with E-state index in [2.05, 4.69) is 21.7 Å². The average Bonchev–Trinajstić information content (AvgIpc) is 3.00. The first-order valence-electron chi connectivity index (χ1n) is 8.51. The summed E-state index contributed by atoms with van der Waals surface area (Å²) in [5.74, 6) is 1.03. The first-order valence-corrected chi connectivity index (χ1v) is 8.89. The maximum Gasteiger partial charge on any atom is 0.315 e. The number of pyridine rings is 1. The monoisotopic (exact) mass is 357 g/mol. The number of nitrogens with one attached hydrogen (secondary N) is 2. The standard InChI is InChI=1S/C19H20ClN3O2/c1-25-17-10-21-8-7-12(17)13-3-2-4-14(20)18(13)11-5-6-15-16(9-11)23-19(24)22-15/h2-4,7-8,10-11,15-16H,5-6,9H2,1H3,(H2,22,23,24). The first-order chi connectivity index (χ1) is 12.2. The number of hydrogen-bond donors (Lipinski definition) is 2. The number of rotatable bonds is 3. The van der Waals surface area contributed by atoms with Gasteiger partial charge in [-0.15, -0.1) is 0 Å². The molecule has 2 N–H and O–H groups in total. The van der Waals surface area contributed by atoms with Gasteiger partial charge in [-0.25, -0.2) is 4.79 Å². The third kappa shape index (κ3) is 2.93. The van der Waals surface area contributed by atoms with Crippen LogP contribution in [0.5, 0.6) is 5.75 Å². The first kappa shape index (κ1) is 16.2. The minimum Gasteiger partial charge on any atom is -0.494 e. The van der Waals surface area contributed by atoms with Crippen molar-refractivity contribution in [3.63, 3.8) is 0 Å². The summed E-state index contributed by atoms with van der Waals surface area (Å²) >= 11 is 6.62. The third-order valence-electron chi connectivity index (χ3n) is 5.24. The second kappa shape index (κ2) is 6.56. The number of hydrogen-bond acceptors (Lipinski definition) is 3. The van der Waals surface area contributed by atoms with Crippen LogP contribution < -0.4 is 15.4 Å². The van der Waals surface area contributed by atoms with Gasteiger partial charge in [-0.2, -0.15) is 0 Å². The molecule has 25 heavy (non-hydrogen) atoms. The zero-order valence-corrected chi connectivity index (χ0v) is 14.7. The van der Waals surface area contributed by atoms with Gasteiger partial charge in [-0.3, -0.25) is 4.98 Å². The second-order valence-electron chi connectivity index (χ2n) is 6.62. The summed E-state index contributed by atoms with van der Waals surface area (Å²) < 4.78 is 5.49. The summed E-state index contributed by atoms with van der Waals surface area (Å²) in [6.07, 6.45) is 6.31. The van der Waals surface area contributed by atoms with E-state index in [1.807, 2.05) is 18.2 Å². The topological polar surface area (TPSA) is 63.2 Å². The lowest BCUT2D eigenvalue weighted by Gasteiger charge is -2.32. The molecule has 6 heteroatoms. The van der Waals surface area contributed by atoms with E-state index in [4.69, 9.17) is 16.3 Å². The van der Waals surface area contributed by atoms with Crippen molar-refractivity contribution in [2.75, 3.05) is 7.11 Å². The van der Waals surface area contributed by atoms with E-state index in [0.717, 1.165) is 46.7 Å². The van der Waals surface area contributed by atoms with Crippen LogP contribution >= 0.6 is 11.6 Å². The summed E-state index contributed by atoms with van der Waals surface area (Å²) in [4.78, 5) is 15.8. The smallest absolute Gasteiger partial charge is 0.315 e. The van der Waals surface area contributed by atoms with Crippen molar-refractivity contribution >= 4 is 17.6 Å². The van der Waals surface area contributed by atoms with E-state index in [1.54, 1.807) is 19.5 Å². The molecule has 4 rings (SSSR count). The maximum absolute atomic E-state index is 11.6. The number of aromatic nitrogens is 1. The lowest BCUT2D eigenvalue weighted by atomic mass is 9.77. The Morgan fingerprint density at radius 3 is 2.84 bits per heavy atom. The Morgan fingerprint density at radius 1 is 1.16 bits per heavy atom. The zero-order valence-electron chi connectivity index (χ0n) is 14.0. The number of benzene rings is 1. The van der Waals surface area contributed by atoms with Gasteiger partial charge in [-0.1, -0.05) is 23.7 Å². The van der Waals surface area contributed by atoms with Crippen LogP contribution in [-0.4, -0.2) is 30.2 Å². The lowest BCUT2D eigenvalue weighted by molar-refractivity contribution is 0.247. The molecule has 2 amide bonds. The molecular weight excluding hydrogens is 338 g/mol. The Kier molecular flexibility index (Phi) is 4.25. The highest BCUT2D eigenvalue weighted by Crippen LogP contribution is 2.44. The predicted molar refractivity (Wildman–Crippen MR) is 97.1 cm³/mol. The minimum atomic E-state index is -0.0640. The number of halogens is 1. The number of ether oxygens (including phenoxy) is 1. The average molecular weight is 358 g/mol. The molecular formula is C19H20ClN3O2. The summed E-state index contributed by atoms with van der Waals surface area (Å²) in [6, 6.07) is 8.26. The zero-order chi connectivity index (χ0) is 17.4. The molecule has 1 saturated carbocycles. The van der Waals surface area contributed by atoms with Crippen molar-refractivity contribution in [2.24, 2.45) is 0 Å². The van der Waals surface area contributed by atoms with Crippen molar-refractivity contribution in [1.82, 2.24) is 15.6 Å². The van der Waals surface area contributed by atoms with Gasteiger partial charge in [0, 0.05) is 16.8 Å². The van der Waals surface area contributed by atoms with E-state index < -0.39 is 0 Å². The number of nitrogens with zero attached hydrogens (tertiary/aromatic N) is 1. The fourth-order valence-electron chi connectivity index (χ4n) is 4.10. The van der Waals surface area contributed by atoms with Crippen LogP contribution in [0.3, 0.4) is 0 Å². The number of carbonyl (C=O) groups excluding carboxylic acids is 1. The Labute approximate surface area is 151 Å². The number of carbonyl (C=O) groups is 1. The Balaban J connectivity index is 1.74. The molecule has 1 aromatic carbocycles. The summed E-state index contributed by atoms with van der Waals surface area (Å²) in [5, 5.41) is 6.79. The molecule has 1 aliphatic heterocycles. The Hall–Kier alpha value is -2.27. The highest BCUT2D eigenvalue weighted by Gasteiger charge is 2.38. The summed E-state index contributed by atoms with van der Waals surface area (Å²) in [7, 11) is 1.65. The molecule has 2 aliphatic rings. The molecule has 130 valence electrons. The molecule has 2 fully saturated rings. The molecule has 2 heterocycles. The molecule has 1 aromatic heterocycles. The minimum absolute atomic E-state index is 0.0640. The van der Waals surface area contributed by atoms with Crippen molar-refractivity contribution in [2.45, 2.75) is 37.3 Å². The van der Waals surface area contributed by atoms with E-state index in [0.29, 0.717) is 5.92 Å². The van der Waals surface area contributed by atoms with E-state index >= 15 is 0 Å². The van der Waals surface area contributed by atoms with Crippen LogP contribution in [0.25, 0.3) is 11.1 Å². The normalized spacial score (nSPS) is 25.0. The van der Waals surface area contributed by atoms with Gasteiger partial charge < -0.3 is 15.4 Å². The van der Waals surface area contributed by atoms with E-state index in [1.165, 1.54) is 0 Å². The van der Waals surface area contributed by atoms with Gasteiger partial charge in [0.25, 0.3) is 0 Å². The predicted octanol–water partition coefficient (Wildman–Crippen LogP) is 3.73. The largest absolute Gasteiger partial charge is 0.494 e. The fourth-order valence-corrected chi connectivity index (χ4v) is 4.42. The van der Waals surface area contributed by atoms with Gasteiger partial charge in [0.1, 0.15) is 5.75 Å². The molecule has 2 aromatic rings. The van der Waals surface area contributed by atoms with Crippen molar-refractivity contribution in [3.05, 3.63) is 47.2 Å². The van der Waals surface area contributed by atoms with Crippen LogP contribution in [0.4, 0.5) is 4.79 Å². The summed E-state index contributed by atoms with van der Waals surface area (Å²) in [6.45, 7) is 0. The molecule has 5 nitrogen and oxygen atoms in total. The van der Waals surface area contributed by atoms with E-state index in [9.17, 15) is 4.79 Å². The number of amides is 2. The number of fused-ring (bicyclic) bond motifs is 1. The summed E-state index contributed by atoms with van der Waals surface area (Å²) in [5.41, 5.74) is 3.20. The second-order valence-corrected chi connectivity index (χ2v) is 7.02. The molecule has 0 spiro atoms. The van der Waals surface area contributed by atoms with E-state index in [-0.39, 0.29) is 18.1 Å². The quantitative estimate of drug-likeness (QED) is 0.879. The van der Waals surface area contributed by atoms with Gasteiger partial charge in [0.05, 0.1) is 25.4 Å². The van der Waals surface area contributed by atoms with Gasteiger partial charge in [-0.05, 0) is 48.4 Å². The van der Waals surface area contributed by atoms with Crippen molar-refractivity contribution < 1.29 is 9.53 Å². The Morgan fingerprint density at radius 2 is 2.00 bits per heavy atom. The fraction of sp³-hybridized carbons (Fsp3) is 0.368. The number of methoxy groups -OCH3 is 1. The molecule has 3 atom stereocenters. The van der Waals surface area contributed by atoms with Crippen LogP contribution in [0, 0.1) is 0 Å². The van der Waals surface area contributed by atoms with Gasteiger partial charge in [0.15, 0.2) is 0 Å². The van der Waals surface area contributed by atoms with Gasteiger partial charge in [0.2, 0.25) is 0 Å². The molecule has 1 saturated heterocycles. The molecule has 1 aliphatic carbocycles. The third-order valence-corrected chi connectivity index (χ3v) is 5.57. The molecule has 0 radical (unpaired) electrons. The lowest BCUT2D eigenvalue weighted by Crippen LogP contribution is -2.39.